The van der Waals surface area contributed by atoms with Crippen molar-refractivity contribution in [2.75, 3.05) is 0 Å². The van der Waals surface area contributed by atoms with E-state index in [1.165, 1.54) is 0 Å². The van der Waals surface area contributed by atoms with Crippen molar-refractivity contribution in [1.82, 2.24) is 19.9 Å². The summed E-state index contributed by atoms with van der Waals surface area (Å²) in [7, 11) is 0. The predicted molar refractivity (Wildman–Crippen MR) is 46.4 cm³/mol. The Morgan fingerprint density at radius 3 is 2.67 bits per heavy atom. The van der Waals surface area contributed by atoms with Crippen LogP contribution in [0.3, 0.4) is 0 Å². The Kier molecular flexibility index (Phi) is 1.66. The number of aromatic nitrogens is 4. The third kappa shape index (κ3) is 1.13. The summed E-state index contributed by atoms with van der Waals surface area (Å²) < 4.78 is 0. The summed E-state index contributed by atoms with van der Waals surface area (Å²) >= 11 is 11.2. The van der Waals surface area contributed by atoms with E-state index in [0.717, 1.165) is 0 Å². The lowest BCUT2D eigenvalue weighted by Gasteiger charge is -1.92. The van der Waals surface area contributed by atoms with Crippen LogP contribution in [0.2, 0.25) is 10.6 Å². The van der Waals surface area contributed by atoms with Crippen LogP contribution < -0.4 is 0 Å². The van der Waals surface area contributed by atoms with Crippen molar-refractivity contribution in [3.63, 3.8) is 0 Å². The van der Waals surface area contributed by atoms with Crippen molar-refractivity contribution in [3.8, 4) is 0 Å². The van der Waals surface area contributed by atoms with Crippen molar-refractivity contribution in [1.29, 1.82) is 0 Å². The van der Waals surface area contributed by atoms with Gasteiger partial charge in [0.25, 0.3) is 0 Å². The molecule has 0 unspecified atom stereocenters. The van der Waals surface area contributed by atoms with Gasteiger partial charge in [0.1, 0.15) is 5.52 Å². The van der Waals surface area contributed by atoms with Gasteiger partial charge in [-0.15, -0.1) is 0 Å². The predicted octanol–water partition coefficient (Wildman–Crippen LogP) is 1.97. The molecule has 0 fully saturated rings. The molecular formula is C6H4Cl2N4. The number of nitrogens with one attached hydrogen (secondary N) is 1. The van der Waals surface area contributed by atoms with Crippen LogP contribution >= 0.6 is 23.2 Å². The molecule has 4 nitrogen and oxygen atoms in total. The van der Waals surface area contributed by atoms with Gasteiger partial charge in [-0.2, -0.15) is 4.98 Å². The number of rotatable bonds is 0. The van der Waals surface area contributed by atoms with Gasteiger partial charge in [-0.1, -0.05) is 0 Å². The molecular weight excluding hydrogens is 199 g/mol. The van der Waals surface area contributed by atoms with Crippen LogP contribution in [0.1, 0.15) is 5.69 Å². The second-order valence-corrected chi connectivity index (χ2v) is 3.00. The first-order valence-corrected chi connectivity index (χ1v) is 3.98. The number of fused-ring (bicyclic) bond motifs is 1. The van der Waals surface area contributed by atoms with Crippen molar-refractivity contribution in [3.05, 3.63) is 16.3 Å². The van der Waals surface area contributed by atoms with Crippen LogP contribution in [0, 0.1) is 6.92 Å². The van der Waals surface area contributed by atoms with E-state index in [4.69, 9.17) is 23.2 Å². The summed E-state index contributed by atoms with van der Waals surface area (Å²) in [6.45, 7) is 1.80. The summed E-state index contributed by atoms with van der Waals surface area (Å²) in [6.07, 6.45) is 0. The summed E-state index contributed by atoms with van der Waals surface area (Å²) in [5.74, 6) is 0. The van der Waals surface area contributed by atoms with Gasteiger partial charge < -0.3 is 4.98 Å². The molecule has 2 heterocycles. The standard InChI is InChI=1S/C6H4Cl2N4/c1-2-3-4(11-5(7)9-2)12-6(8)10-3/h1H3,(H,9,10,11,12). The lowest BCUT2D eigenvalue weighted by molar-refractivity contribution is 1.14. The van der Waals surface area contributed by atoms with Gasteiger partial charge in [0, 0.05) is 0 Å². The lowest BCUT2D eigenvalue weighted by Crippen LogP contribution is -1.88. The van der Waals surface area contributed by atoms with E-state index in [0.29, 0.717) is 22.1 Å². The molecule has 0 aliphatic carbocycles. The van der Waals surface area contributed by atoms with Gasteiger partial charge in [-0.3, -0.25) is 0 Å². The van der Waals surface area contributed by atoms with E-state index < -0.39 is 0 Å². The number of nitrogens with zero attached hydrogens (tertiary/aromatic N) is 3. The maximum absolute atomic E-state index is 5.63. The number of hydrogen-bond donors (Lipinski definition) is 1. The van der Waals surface area contributed by atoms with Gasteiger partial charge in [0.15, 0.2) is 5.65 Å². The highest BCUT2D eigenvalue weighted by atomic mass is 35.5. The minimum absolute atomic E-state index is 0.195. The second-order valence-electron chi connectivity index (χ2n) is 2.30. The van der Waals surface area contributed by atoms with Gasteiger partial charge in [-0.25, -0.2) is 9.97 Å². The number of aryl methyl sites for hydroxylation is 1. The van der Waals surface area contributed by atoms with Gasteiger partial charge in [0.2, 0.25) is 10.6 Å². The number of halogens is 2. The normalized spacial score (nSPS) is 10.9. The van der Waals surface area contributed by atoms with Crippen LogP contribution in [-0.2, 0) is 0 Å². The first-order chi connectivity index (χ1) is 5.66. The van der Waals surface area contributed by atoms with Crippen molar-refractivity contribution in [2.45, 2.75) is 6.92 Å². The van der Waals surface area contributed by atoms with E-state index in [-0.39, 0.29) is 5.28 Å². The minimum atomic E-state index is 0.195. The number of imidazole rings is 1. The average Bonchev–Trinajstić information content (AvgIpc) is 2.29. The molecule has 0 aliphatic rings. The van der Waals surface area contributed by atoms with Crippen LogP contribution in [0.25, 0.3) is 11.2 Å². The fraction of sp³-hybridized carbons (Fsp3) is 0.167. The van der Waals surface area contributed by atoms with Crippen molar-refractivity contribution < 1.29 is 0 Å². The molecule has 12 heavy (non-hydrogen) atoms. The zero-order chi connectivity index (χ0) is 8.72. The quantitative estimate of drug-likeness (QED) is 0.525. The zero-order valence-electron chi connectivity index (χ0n) is 6.10. The molecule has 2 rings (SSSR count). The first-order valence-electron chi connectivity index (χ1n) is 3.22. The van der Waals surface area contributed by atoms with Crippen LogP contribution in [0.5, 0.6) is 0 Å². The molecule has 2 aromatic heterocycles. The molecule has 0 saturated carbocycles. The molecule has 2 aromatic rings. The zero-order valence-corrected chi connectivity index (χ0v) is 7.61. The third-order valence-electron chi connectivity index (χ3n) is 1.46. The van der Waals surface area contributed by atoms with E-state index >= 15 is 0 Å². The molecule has 0 radical (unpaired) electrons. The van der Waals surface area contributed by atoms with E-state index in [9.17, 15) is 0 Å². The van der Waals surface area contributed by atoms with Gasteiger partial charge in [-0.05, 0) is 30.1 Å². The summed E-state index contributed by atoms with van der Waals surface area (Å²) in [5.41, 5.74) is 1.94. The molecule has 1 N–H and O–H groups in total. The Morgan fingerprint density at radius 2 is 1.92 bits per heavy atom. The summed E-state index contributed by atoms with van der Waals surface area (Å²) in [6, 6.07) is 0. The summed E-state index contributed by atoms with van der Waals surface area (Å²) in [5, 5.41) is 0.491. The Hall–Kier alpha value is -0.870. The molecule has 0 spiro atoms. The average molecular weight is 203 g/mol. The number of hydrogen-bond acceptors (Lipinski definition) is 3. The second kappa shape index (κ2) is 2.57. The molecule has 0 bridgehead atoms. The van der Waals surface area contributed by atoms with E-state index in [2.05, 4.69) is 19.9 Å². The Labute approximate surface area is 78.0 Å². The highest BCUT2D eigenvalue weighted by Crippen LogP contribution is 2.16. The highest BCUT2D eigenvalue weighted by Gasteiger charge is 2.06. The maximum Gasteiger partial charge on any atom is 0.224 e. The van der Waals surface area contributed by atoms with E-state index in [1.807, 2.05) is 0 Å². The van der Waals surface area contributed by atoms with Gasteiger partial charge >= 0.3 is 0 Å². The van der Waals surface area contributed by atoms with Crippen LogP contribution in [0.4, 0.5) is 0 Å². The number of aromatic amines is 1. The topological polar surface area (TPSA) is 54.5 Å². The molecule has 6 heteroatoms. The molecule has 62 valence electrons. The van der Waals surface area contributed by atoms with E-state index in [1.54, 1.807) is 6.92 Å². The minimum Gasteiger partial charge on any atom is -0.313 e. The molecule has 0 atom stereocenters. The first kappa shape index (κ1) is 7.76. The largest absolute Gasteiger partial charge is 0.313 e. The third-order valence-corrected chi connectivity index (χ3v) is 1.81. The molecule has 0 aliphatic heterocycles. The maximum atomic E-state index is 5.63. The smallest absolute Gasteiger partial charge is 0.224 e. The van der Waals surface area contributed by atoms with Crippen LogP contribution in [0.15, 0.2) is 0 Å². The fourth-order valence-corrected chi connectivity index (χ4v) is 1.36. The molecule has 0 saturated heterocycles. The lowest BCUT2D eigenvalue weighted by atomic mass is 10.4. The molecule has 0 amide bonds. The van der Waals surface area contributed by atoms with Crippen LogP contribution in [-0.4, -0.2) is 19.9 Å². The SMILES string of the molecule is Cc1nc(Cl)nc2[nH]c(Cl)nc12. The fourth-order valence-electron chi connectivity index (χ4n) is 0.978. The van der Waals surface area contributed by atoms with Crippen molar-refractivity contribution in [2.24, 2.45) is 0 Å². The Balaban J connectivity index is 2.88. The van der Waals surface area contributed by atoms with Gasteiger partial charge in [0.05, 0.1) is 5.69 Å². The monoisotopic (exact) mass is 202 g/mol. The van der Waals surface area contributed by atoms with Crippen molar-refractivity contribution >= 4 is 34.4 Å². The Bertz CT molecular complexity index is 436. The highest BCUT2D eigenvalue weighted by molar-refractivity contribution is 6.29. The Morgan fingerprint density at radius 1 is 1.17 bits per heavy atom. The summed E-state index contributed by atoms with van der Waals surface area (Å²) in [4.78, 5) is 14.6. The molecule has 0 aromatic carbocycles. The number of H-pyrrole nitrogens is 1.